The number of ether oxygens (including phenoxy) is 2. The Labute approximate surface area is 129 Å². The van der Waals surface area contributed by atoms with E-state index in [9.17, 15) is 9.18 Å². The molecule has 1 aromatic carbocycles. The van der Waals surface area contributed by atoms with Crippen molar-refractivity contribution < 1.29 is 18.7 Å². The van der Waals surface area contributed by atoms with Crippen LogP contribution in [0.4, 0.5) is 4.39 Å². The lowest BCUT2D eigenvalue weighted by atomic mass is 9.95. The van der Waals surface area contributed by atoms with Crippen molar-refractivity contribution in [3.05, 3.63) is 29.1 Å². The Morgan fingerprint density at radius 3 is 2.95 bits per heavy atom. The molecule has 1 aliphatic heterocycles. The Morgan fingerprint density at radius 2 is 2.27 bits per heavy atom. The molecule has 1 saturated carbocycles. The number of amides is 1. The van der Waals surface area contributed by atoms with Crippen molar-refractivity contribution in [3.8, 4) is 5.75 Å². The second kappa shape index (κ2) is 6.22. The van der Waals surface area contributed by atoms with Gasteiger partial charge in [-0.3, -0.25) is 4.79 Å². The van der Waals surface area contributed by atoms with Crippen molar-refractivity contribution in [3.63, 3.8) is 0 Å². The summed E-state index contributed by atoms with van der Waals surface area (Å²) in [4.78, 5) is 12.0. The summed E-state index contributed by atoms with van der Waals surface area (Å²) in [6.45, 7) is 0.696. The number of carbonyl (C=O) groups excluding carboxylic acids is 1. The molecule has 120 valence electrons. The van der Waals surface area contributed by atoms with E-state index in [1.54, 1.807) is 7.11 Å². The Kier molecular flexibility index (Phi) is 4.31. The number of hydrogen-bond donors (Lipinski definition) is 2. The summed E-state index contributed by atoms with van der Waals surface area (Å²) in [5.41, 5.74) is 7.31. The highest BCUT2D eigenvalue weighted by Gasteiger charge is 2.33. The van der Waals surface area contributed by atoms with Crippen LogP contribution in [-0.4, -0.2) is 26.2 Å². The van der Waals surface area contributed by atoms with Crippen molar-refractivity contribution in [2.45, 2.75) is 31.3 Å². The van der Waals surface area contributed by atoms with Gasteiger partial charge in [-0.2, -0.15) is 0 Å². The van der Waals surface area contributed by atoms with E-state index in [1.165, 1.54) is 6.07 Å². The van der Waals surface area contributed by atoms with Gasteiger partial charge < -0.3 is 20.5 Å². The molecule has 0 radical (unpaired) electrons. The van der Waals surface area contributed by atoms with Gasteiger partial charge in [-0.05, 0) is 30.5 Å². The number of methoxy groups -OCH3 is 1. The lowest BCUT2D eigenvalue weighted by molar-refractivity contribution is -0.123. The van der Waals surface area contributed by atoms with Crippen LogP contribution in [0.5, 0.6) is 5.75 Å². The van der Waals surface area contributed by atoms with E-state index >= 15 is 0 Å². The molecule has 3 N–H and O–H groups in total. The maximum Gasteiger partial charge on any atom is 0.223 e. The van der Waals surface area contributed by atoms with Gasteiger partial charge in [-0.1, -0.05) is 0 Å². The number of fused-ring (bicyclic) bond motifs is 1. The molecule has 2 aliphatic rings. The Hall–Kier alpha value is -1.66. The molecular formula is C16H21FN2O3. The molecule has 0 bridgehead atoms. The van der Waals surface area contributed by atoms with Crippen LogP contribution in [0.2, 0.25) is 0 Å². The predicted molar refractivity (Wildman–Crippen MR) is 78.9 cm³/mol. The molecule has 3 rings (SSSR count). The SMILES string of the molecule is COCC(N)c1cc(F)c2c(c1)C(NC(=O)C1CC1)CCO2. The van der Waals surface area contributed by atoms with Gasteiger partial charge in [0.1, 0.15) is 0 Å². The van der Waals surface area contributed by atoms with Gasteiger partial charge in [0.25, 0.3) is 0 Å². The van der Waals surface area contributed by atoms with Crippen molar-refractivity contribution in [1.29, 1.82) is 0 Å². The Bertz CT molecular complexity index is 575. The largest absolute Gasteiger partial charge is 0.490 e. The monoisotopic (exact) mass is 308 g/mol. The third-order valence-corrected chi connectivity index (χ3v) is 4.16. The first-order chi connectivity index (χ1) is 10.6. The quantitative estimate of drug-likeness (QED) is 0.870. The van der Waals surface area contributed by atoms with Crippen LogP contribution in [0.25, 0.3) is 0 Å². The summed E-state index contributed by atoms with van der Waals surface area (Å²) in [7, 11) is 1.55. The van der Waals surface area contributed by atoms with Gasteiger partial charge in [-0.15, -0.1) is 0 Å². The van der Waals surface area contributed by atoms with Crippen molar-refractivity contribution >= 4 is 5.91 Å². The highest BCUT2D eigenvalue weighted by Crippen LogP contribution is 2.37. The molecule has 6 heteroatoms. The van der Waals surface area contributed by atoms with E-state index in [-0.39, 0.29) is 23.6 Å². The fourth-order valence-corrected chi connectivity index (χ4v) is 2.76. The van der Waals surface area contributed by atoms with Crippen molar-refractivity contribution in [2.24, 2.45) is 11.7 Å². The number of carbonyl (C=O) groups is 1. The molecule has 1 aliphatic carbocycles. The fraction of sp³-hybridized carbons (Fsp3) is 0.562. The molecular weight excluding hydrogens is 287 g/mol. The third kappa shape index (κ3) is 3.08. The van der Waals surface area contributed by atoms with Gasteiger partial charge in [0, 0.05) is 25.0 Å². The second-order valence-corrected chi connectivity index (χ2v) is 5.96. The van der Waals surface area contributed by atoms with Crippen LogP contribution in [0, 0.1) is 11.7 Å². The molecule has 1 aromatic rings. The van der Waals surface area contributed by atoms with Crippen molar-refractivity contribution in [1.82, 2.24) is 5.32 Å². The first-order valence-electron chi connectivity index (χ1n) is 7.61. The Balaban J connectivity index is 1.87. The molecule has 2 unspecified atom stereocenters. The molecule has 1 amide bonds. The van der Waals surface area contributed by atoms with Crippen LogP contribution in [-0.2, 0) is 9.53 Å². The first-order valence-corrected chi connectivity index (χ1v) is 7.61. The predicted octanol–water partition coefficient (Wildman–Crippen LogP) is 1.82. The maximum absolute atomic E-state index is 14.3. The molecule has 5 nitrogen and oxygen atoms in total. The average molecular weight is 308 g/mol. The summed E-state index contributed by atoms with van der Waals surface area (Å²) in [5.74, 6) is -0.0509. The minimum Gasteiger partial charge on any atom is -0.490 e. The number of hydrogen-bond acceptors (Lipinski definition) is 4. The van der Waals surface area contributed by atoms with Crippen LogP contribution in [0.3, 0.4) is 0 Å². The molecule has 0 aromatic heterocycles. The molecule has 22 heavy (non-hydrogen) atoms. The van der Waals surface area contributed by atoms with Crippen LogP contribution in [0.1, 0.15) is 42.5 Å². The fourth-order valence-electron chi connectivity index (χ4n) is 2.76. The number of benzene rings is 1. The van der Waals surface area contributed by atoms with Gasteiger partial charge >= 0.3 is 0 Å². The zero-order valence-electron chi connectivity index (χ0n) is 12.6. The minimum absolute atomic E-state index is 0.0462. The molecule has 2 atom stereocenters. The smallest absolute Gasteiger partial charge is 0.223 e. The third-order valence-electron chi connectivity index (χ3n) is 4.16. The molecule has 0 saturated heterocycles. The van der Waals surface area contributed by atoms with E-state index in [0.717, 1.165) is 12.8 Å². The lowest BCUT2D eigenvalue weighted by Crippen LogP contribution is -2.33. The highest BCUT2D eigenvalue weighted by molar-refractivity contribution is 5.81. The zero-order chi connectivity index (χ0) is 15.7. The van der Waals surface area contributed by atoms with E-state index in [1.807, 2.05) is 6.07 Å². The van der Waals surface area contributed by atoms with Crippen LogP contribution >= 0.6 is 0 Å². The molecule has 0 spiro atoms. The van der Waals surface area contributed by atoms with Crippen molar-refractivity contribution in [2.75, 3.05) is 20.3 Å². The van der Waals surface area contributed by atoms with Crippen LogP contribution < -0.4 is 15.8 Å². The maximum atomic E-state index is 14.3. The van der Waals surface area contributed by atoms with E-state index in [4.69, 9.17) is 15.2 Å². The van der Waals surface area contributed by atoms with Gasteiger partial charge in [0.15, 0.2) is 11.6 Å². The highest BCUT2D eigenvalue weighted by atomic mass is 19.1. The van der Waals surface area contributed by atoms with Gasteiger partial charge in [0.2, 0.25) is 5.91 Å². The standard InChI is InChI=1S/C16H21FN2O3/c1-21-8-13(18)10-6-11-14(19-16(20)9-2-3-9)4-5-22-15(11)12(17)7-10/h6-7,9,13-14H,2-5,8,18H2,1H3,(H,19,20). The zero-order valence-corrected chi connectivity index (χ0v) is 12.6. The summed E-state index contributed by atoms with van der Waals surface area (Å²) in [6, 6.07) is 2.57. The molecule has 1 heterocycles. The number of nitrogens with one attached hydrogen (secondary N) is 1. The number of rotatable bonds is 5. The number of halogens is 1. The normalized spacial score (nSPS) is 21.7. The minimum atomic E-state index is -0.440. The van der Waals surface area contributed by atoms with Crippen LogP contribution in [0.15, 0.2) is 12.1 Å². The summed E-state index contributed by atoms with van der Waals surface area (Å²) in [5, 5.41) is 3.00. The number of nitrogens with two attached hydrogens (primary N) is 1. The lowest BCUT2D eigenvalue weighted by Gasteiger charge is -2.28. The summed E-state index contributed by atoms with van der Waals surface area (Å²) >= 11 is 0. The van der Waals surface area contributed by atoms with E-state index in [0.29, 0.717) is 30.8 Å². The van der Waals surface area contributed by atoms with E-state index in [2.05, 4.69) is 5.32 Å². The second-order valence-electron chi connectivity index (χ2n) is 5.96. The summed E-state index contributed by atoms with van der Waals surface area (Å²) in [6.07, 6.45) is 2.51. The summed E-state index contributed by atoms with van der Waals surface area (Å²) < 4.78 is 24.7. The van der Waals surface area contributed by atoms with Gasteiger partial charge in [0.05, 0.1) is 25.3 Å². The molecule has 1 fully saturated rings. The average Bonchev–Trinajstić information content (AvgIpc) is 3.33. The Morgan fingerprint density at radius 1 is 1.50 bits per heavy atom. The van der Waals surface area contributed by atoms with Gasteiger partial charge in [-0.25, -0.2) is 4.39 Å². The van der Waals surface area contributed by atoms with E-state index < -0.39 is 11.9 Å². The topological polar surface area (TPSA) is 73.6 Å². The first kappa shape index (κ1) is 15.2.